The number of nitrogens with one attached hydrogen (secondary N) is 1. The number of rotatable bonds is 5. The van der Waals surface area contributed by atoms with Crippen LogP contribution in [0, 0.1) is 5.82 Å². The molecular formula is C20H24FN2O5Si. The van der Waals surface area contributed by atoms with Gasteiger partial charge in [0.2, 0.25) is 14.9 Å². The molecule has 0 spiro atoms. The van der Waals surface area contributed by atoms with Gasteiger partial charge in [0, 0.05) is 0 Å². The van der Waals surface area contributed by atoms with Crippen LogP contribution >= 0.6 is 0 Å². The lowest BCUT2D eigenvalue weighted by atomic mass is 9.85. The van der Waals surface area contributed by atoms with E-state index in [1.54, 1.807) is 12.1 Å². The number of esters is 1. The van der Waals surface area contributed by atoms with E-state index in [0.717, 1.165) is 16.3 Å². The molecule has 1 aromatic carbocycles. The monoisotopic (exact) mass is 419 g/mol. The fraction of sp³-hybridized carbons (Fsp3) is 0.450. The number of carbonyl (C=O) groups is 1. The third-order valence-corrected chi connectivity index (χ3v) is 7.11. The zero-order valence-electron chi connectivity index (χ0n) is 17.1. The maximum absolute atomic E-state index is 14.1. The van der Waals surface area contributed by atoms with Gasteiger partial charge in [-0.3, -0.25) is 9.78 Å². The minimum atomic E-state index is -1.96. The van der Waals surface area contributed by atoms with Gasteiger partial charge in [0.25, 0.3) is 5.56 Å². The second-order valence-electron chi connectivity index (χ2n) is 7.94. The zero-order valence-corrected chi connectivity index (χ0v) is 18.1. The summed E-state index contributed by atoms with van der Waals surface area (Å²) in [5.41, 5.74) is -0.866. The molecule has 0 saturated heterocycles. The van der Waals surface area contributed by atoms with Crippen LogP contribution < -0.4 is 11.2 Å². The lowest BCUT2D eigenvalue weighted by molar-refractivity contribution is -0.170. The summed E-state index contributed by atoms with van der Waals surface area (Å²) in [6.07, 6.45) is 0.734. The van der Waals surface area contributed by atoms with Crippen LogP contribution in [0.25, 0.3) is 0 Å². The van der Waals surface area contributed by atoms with E-state index in [2.05, 4.69) is 0 Å². The molecule has 1 aliphatic heterocycles. The van der Waals surface area contributed by atoms with Crippen molar-refractivity contribution in [3.05, 3.63) is 67.7 Å². The van der Waals surface area contributed by atoms with Crippen LogP contribution in [-0.2, 0) is 20.5 Å². The van der Waals surface area contributed by atoms with Gasteiger partial charge in [0.15, 0.2) is 0 Å². The molecule has 0 bridgehead atoms. The Bertz CT molecular complexity index is 1070. The number of cyclic esters (lactones) is 1. The molecule has 2 heterocycles. The van der Waals surface area contributed by atoms with Crippen molar-refractivity contribution in [2.24, 2.45) is 0 Å². The Morgan fingerprint density at radius 2 is 1.86 bits per heavy atom. The van der Waals surface area contributed by atoms with Gasteiger partial charge in [-0.1, -0.05) is 40.7 Å². The van der Waals surface area contributed by atoms with E-state index in [1.807, 2.05) is 45.7 Å². The summed E-state index contributed by atoms with van der Waals surface area (Å²) < 4.78 is 26.8. The van der Waals surface area contributed by atoms with Crippen molar-refractivity contribution in [3.63, 3.8) is 0 Å². The zero-order chi connectivity index (χ0) is 21.6. The Morgan fingerprint density at radius 1 is 1.21 bits per heavy atom. The molecule has 2 aromatic rings. The number of hydrogen-bond acceptors (Lipinski definition) is 5. The average Bonchev–Trinajstić information content (AvgIpc) is 2.94. The summed E-state index contributed by atoms with van der Waals surface area (Å²) in [5, 5.41) is 0. The van der Waals surface area contributed by atoms with Crippen molar-refractivity contribution in [3.8, 4) is 0 Å². The van der Waals surface area contributed by atoms with Gasteiger partial charge in [-0.25, -0.2) is 14.2 Å². The Hall–Kier alpha value is -2.52. The minimum Gasteiger partial charge on any atom is -0.406 e. The maximum atomic E-state index is 14.1. The van der Waals surface area contributed by atoms with Gasteiger partial charge in [0.05, 0.1) is 17.3 Å². The van der Waals surface area contributed by atoms with E-state index in [9.17, 15) is 18.8 Å². The number of benzene rings is 1. The van der Waals surface area contributed by atoms with Gasteiger partial charge < -0.3 is 9.16 Å². The predicted octanol–water partition coefficient (Wildman–Crippen LogP) is 2.85. The molecule has 0 saturated carbocycles. The molecule has 3 rings (SSSR count). The molecule has 0 fully saturated rings. The third kappa shape index (κ3) is 3.60. The Labute approximate surface area is 169 Å². The number of nitrogens with zero attached hydrogens (tertiary/aromatic N) is 1. The van der Waals surface area contributed by atoms with Crippen LogP contribution in [0.15, 0.2) is 34.0 Å². The van der Waals surface area contributed by atoms with Gasteiger partial charge in [0.1, 0.15) is 0 Å². The average molecular weight is 420 g/mol. The summed E-state index contributed by atoms with van der Waals surface area (Å²) in [5.74, 6) is -3.81. The summed E-state index contributed by atoms with van der Waals surface area (Å²) >= 11 is 0. The first-order chi connectivity index (χ1) is 13.5. The van der Waals surface area contributed by atoms with E-state index in [4.69, 9.17) is 9.16 Å². The molecule has 0 aliphatic carbocycles. The normalized spacial score (nSPS) is 18.8. The summed E-state index contributed by atoms with van der Waals surface area (Å²) in [7, 11) is -1.51. The molecule has 155 valence electrons. The second kappa shape index (κ2) is 7.38. The van der Waals surface area contributed by atoms with Crippen LogP contribution in [0.5, 0.6) is 0 Å². The van der Waals surface area contributed by atoms with Gasteiger partial charge in [-0.2, -0.15) is 4.39 Å². The first-order valence-electron chi connectivity index (χ1n) is 9.47. The standard InChI is InChI=1S/C20H24FN2O5Si/c1-6-29(7-2)28-20(23-11-15(21)16(24)22-18(23)26)14-10-12(19(3,4)5)8-9-13(14)17(25)27-20/h8-11H,6-7H2,1-5H3,(H,22,24,26). The second-order valence-corrected chi connectivity index (χ2v) is 10.6. The van der Waals surface area contributed by atoms with E-state index >= 15 is 0 Å². The number of H-pyrrole nitrogens is 1. The van der Waals surface area contributed by atoms with Crippen LogP contribution in [0.2, 0.25) is 12.1 Å². The van der Waals surface area contributed by atoms with Crippen molar-refractivity contribution in [2.75, 3.05) is 0 Å². The molecule has 1 unspecified atom stereocenters. The van der Waals surface area contributed by atoms with Crippen molar-refractivity contribution in [2.45, 2.75) is 58.0 Å². The molecule has 0 amide bonds. The van der Waals surface area contributed by atoms with Crippen molar-refractivity contribution >= 4 is 15.0 Å². The van der Waals surface area contributed by atoms with Crippen LogP contribution in [0.1, 0.15) is 56.1 Å². The molecule has 1 atom stereocenters. The Morgan fingerprint density at radius 3 is 2.45 bits per heavy atom. The molecule has 1 N–H and O–H groups in total. The highest BCUT2D eigenvalue weighted by molar-refractivity contribution is 6.51. The Kier molecular flexibility index (Phi) is 5.39. The number of aromatic nitrogens is 2. The molecule has 9 heteroatoms. The smallest absolute Gasteiger partial charge is 0.342 e. The number of hydrogen-bond donors (Lipinski definition) is 1. The van der Waals surface area contributed by atoms with Gasteiger partial charge >= 0.3 is 17.6 Å². The quantitative estimate of drug-likeness (QED) is 0.595. The van der Waals surface area contributed by atoms with E-state index in [-0.39, 0.29) is 11.0 Å². The van der Waals surface area contributed by atoms with E-state index < -0.39 is 38.0 Å². The predicted molar refractivity (Wildman–Crippen MR) is 107 cm³/mol. The topological polar surface area (TPSA) is 90.4 Å². The number of carbonyl (C=O) groups excluding carboxylic acids is 1. The number of ether oxygens (including phenoxy) is 1. The highest BCUT2D eigenvalue weighted by Crippen LogP contribution is 2.41. The largest absolute Gasteiger partial charge is 0.406 e. The molecular weight excluding hydrogens is 395 g/mol. The molecule has 7 nitrogen and oxygen atoms in total. The molecule has 1 radical (unpaired) electrons. The van der Waals surface area contributed by atoms with E-state index in [0.29, 0.717) is 17.7 Å². The maximum Gasteiger partial charge on any atom is 0.342 e. The Balaban J connectivity index is 2.35. The van der Waals surface area contributed by atoms with Crippen molar-refractivity contribution in [1.82, 2.24) is 9.55 Å². The summed E-state index contributed by atoms with van der Waals surface area (Å²) in [6.45, 7) is 9.89. The fourth-order valence-electron chi connectivity index (χ4n) is 3.25. The fourth-order valence-corrected chi connectivity index (χ4v) is 4.68. The SMILES string of the molecule is CC[Si](CC)OC1(n2cc(F)c(=O)[nH]c2=O)OC(=O)c2ccc(C(C)(C)C)cc21. The van der Waals surface area contributed by atoms with Crippen LogP contribution in [0.3, 0.4) is 0 Å². The van der Waals surface area contributed by atoms with Crippen LogP contribution in [0.4, 0.5) is 4.39 Å². The molecule has 29 heavy (non-hydrogen) atoms. The highest BCUT2D eigenvalue weighted by Gasteiger charge is 2.51. The minimum absolute atomic E-state index is 0.241. The van der Waals surface area contributed by atoms with Gasteiger partial charge in [-0.15, -0.1) is 0 Å². The number of aromatic amines is 1. The first-order valence-corrected chi connectivity index (χ1v) is 11.3. The first kappa shape index (κ1) is 21.2. The molecule has 1 aromatic heterocycles. The number of halogens is 1. The third-order valence-electron chi connectivity index (χ3n) is 4.96. The summed E-state index contributed by atoms with van der Waals surface area (Å²) in [6, 6.07) is 6.55. The summed E-state index contributed by atoms with van der Waals surface area (Å²) in [4.78, 5) is 38.8. The lowest BCUT2D eigenvalue weighted by Gasteiger charge is -2.33. The number of fused-ring (bicyclic) bond motifs is 1. The van der Waals surface area contributed by atoms with Crippen molar-refractivity contribution < 1.29 is 18.3 Å². The highest BCUT2D eigenvalue weighted by atomic mass is 28.3. The van der Waals surface area contributed by atoms with E-state index in [1.165, 1.54) is 0 Å². The molecule has 1 aliphatic rings. The van der Waals surface area contributed by atoms with Crippen molar-refractivity contribution in [1.29, 1.82) is 0 Å². The lowest BCUT2D eigenvalue weighted by Crippen LogP contribution is -2.50. The van der Waals surface area contributed by atoms with Gasteiger partial charge in [-0.05, 0) is 35.2 Å². The van der Waals surface area contributed by atoms with Crippen LogP contribution in [-0.4, -0.2) is 24.6 Å².